The molecule has 2 fully saturated rings. The van der Waals surface area contributed by atoms with Crippen molar-refractivity contribution in [1.29, 1.82) is 0 Å². The summed E-state index contributed by atoms with van der Waals surface area (Å²) >= 11 is 0. The summed E-state index contributed by atoms with van der Waals surface area (Å²) in [4.78, 5) is 7.03. The van der Waals surface area contributed by atoms with Gasteiger partial charge in [-0.25, -0.2) is 0 Å². The van der Waals surface area contributed by atoms with Gasteiger partial charge in [0.15, 0.2) is 5.96 Å². The first-order valence-corrected chi connectivity index (χ1v) is 8.06. The minimum atomic E-state index is 0. The monoisotopic (exact) mass is 394 g/mol. The summed E-state index contributed by atoms with van der Waals surface area (Å²) in [7, 11) is 0. The topological polar surface area (TPSA) is 53.6 Å². The number of likely N-dealkylation sites (tertiary alicyclic amines) is 1. The van der Waals surface area contributed by atoms with Crippen molar-refractivity contribution in [2.75, 3.05) is 19.6 Å². The first kappa shape index (κ1) is 18.0. The molecule has 0 spiro atoms. The Labute approximate surface area is 141 Å². The fraction of sp³-hybridized carbons (Fsp3) is 0.933. The Hall–Kier alpha value is -0.0400. The number of rotatable bonds is 4. The van der Waals surface area contributed by atoms with Gasteiger partial charge in [0.05, 0.1) is 6.54 Å². The van der Waals surface area contributed by atoms with Gasteiger partial charge < -0.3 is 11.1 Å². The van der Waals surface area contributed by atoms with Crippen LogP contribution < -0.4 is 11.1 Å². The first-order valence-electron chi connectivity index (χ1n) is 8.06. The summed E-state index contributed by atoms with van der Waals surface area (Å²) in [5.74, 6) is 0.650. The predicted octanol–water partition coefficient (Wildman–Crippen LogP) is 2.72. The van der Waals surface area contributed by atoms with Crippen molar-refractivity contribution in [1.82, 2.24) is 10.2 Å². The molecule has 5 heteroatoms. The number of nitrogens with zero attached hydrogens (tertiary/aromatic N) is 2. The molecule has 0 radical (unpaired) electrons. The van der Waals surface area contributed by atoms with E-state index >= 15 is 0 Å². The summed E-state index contributed by atoms with van der Waals surface area (Å²) in [6.07, 6.45) is 10.6. The minimum Gasteiger partial charge on any atom is -0.370 e. The average molecular weight is 394 g/mol. The third-order valence-corrected chi connectivity index (χ3v) is 4.57. The van der Waals surface area contributed by atoms with Gasteiger partial charge in [-0.15, -0.1) is 24.0 Å². The van der Waals surface area contributed by atoms with Crippen molar-refractivity contribution in [3.63, 3.8) is 0 Å². The molecule has 0 aromatic carbocycles. The number of guanidine groups is 1. The molecule has 1 unspecified atom stereocenters. The molecule has 1 aliphatic heterocycles. The molecule has 4 nitrogen and oxygen atoms in total. The zero-order valence-electron chi connectivity index (χ0n) is 12.8. The molecule has 20 heavy (non-hydrogen) atoms. The van der Waals surface area contributed by atoms with Crippen molar-refractivity contribution >= 4 is 29.9 Å². The number of halogens is 1. The number of hydrogen-bond acceptors (Lipinski definition) is 2. The SMILES string of the molecule is CC1CCCCN1CCN=C(N)NC1CCCCC1.I. The van der Waals surface area contributed by atoms with Crippen LogP contribution in [0.4, 0.5) is 0 Å². The van der Waals surface area contributed by atoms with Crippen molar-refractivity contribution in [3.05, 3.63) is 0 Å². The summed E-state index contributed by atoms with van der Waals surface area (Å²) < 4.78 is 0. The molecule has 118 valence electrons. The molecule has 2 rings (SSSR count). The second-order valence-electron chi connectivity index (χ2n) is 6.13. The molecule has 1 saturated heterocycles. The molecule has 1 aliphatic carbocycles. The Morgan fingerprint density at radius 1 is 1.15 bits per heavy atom. The van der Waals surface area contributed by atoms with Crippen LogP contribution in [0.15, 0.2) is 4.99 Å². The van der Waals surface area contributed by atoms with E-state index in [1.54, 1.807) is 0 Å². The molecule has 1 saturated carbocycles. The van der Waals surface area contributed by atoms with Crippen LogP contribution >= 0.6 is 24.0 Å². The lowest BCUT2D eigenvalue weighted by molar-refractivity contribution is 0.166. The van der Waals surface area contributed by atoms with Crippen molar-refractivity contribution in [2.24, 2.45) is 10.7 Å². The van der Waals surface area contributed by atoms with E-state index in [2.05, 4.69) is 22.1 Å². The van der Waals surface area contributed by atoms with Gasteiger partial charge >= 0.3 is 0 Å². The first-order chi connectivity index (χ1) is 9.25. The largest absolute Gasteiger partial charge is 0.370 e. The third kappa shape index (κ3) is 6.16. The highest BCUT2D eigenvalue weighted by atomic mass is 127. The van der Waals surface area contributed by atoms with E-state index in [9.17, 15) is 0 Å². The van der Waals surface area contributed by atoms with Gasteiger partial charge in [-0.3, -0.25) is 9.89 Å². The van der Waals surface area contributed by atoms with Crippen LogP contribution in [0.1, 0.15) is 58.3 Å². The smallest absolute Gasteiger partial charge is 0.188 e. The van der Waals surface area contributed by atoms with Gasteiger partial charge in [0.2, 0.25) is 0 Å². The Kier molecular flexibility index (Phi) is 8.84. The third-order valence-electron chi connectivity index (χ3n) is 4.57. The van der Waals surface area contributed by atoms with E-state index in [0.717, 1.165) is 19.1 Å². The van der Waals surface area contributed by atoms with Gasteiger partial charge in [-0.1, -0.05) is 25.7 Å². The van der Waals surface area contributed by atoms with Crippen LogP contribution in [0.2, 0.25) is 0 Å². The summed E-state index contributed by atoms with van der Waals surface area (Å²) in [6.45, 7) is 5.43. The number of nitrogens with one attached hydrogen (secondary N) is 1. The molecule has 3 N–H and O–H groups in total. The molecule has 1 heterocycles. The summed E-state index contributed by atoms with van der Waals surface area (Å²) in [5.41, 5.74) is 5.98. The van der Waals surface area contributed by atoms with Crippen molar-refractivity contribution in [3.8, 4) is 0 Å². The minimum absolute atomic E-state index is 0. The molecule has 2 aliphatic rings. The van der Waals surface area contributed by atoms with E-state index in [1.165, 1.54) is 57.9 Å². The van der Waals surface area contributed by atoms with Crippen LogP contribution in [0.25, 0.3) is 0 Å². The highest BCUT2D eigenvalue weighted by Gasteiger charge is 2.17. The Balaban J connectivity index is 0.00000200. The Bertz CT molecular complexity index is 290. The van der Waals surface area contributed by atoms with E-state index in [4.69, 9.17) is 5.73 Å². The van der Waals surface area contributed by atoms with E-state index in [1.807, 2.05) is 0 Å². The fourth-order valence-corrected chi connectivity index (χ4v) is 3.29. The van der Waals surface area contributed by atoms with Crippen LogP contribution in [0.3, 0.4) is 0 Å². The van der Waals surface area contributed by atoms with Crippen LogP contribution in [0, 0.1) is 0 Å². The average Bonchev–Trinajstić information content (AvgIpc) is 2.42. The summed E-state index contributed by atoms with van der Waals surface area (Å²) in [5, 5.41) is 3.38. The van der Waals surface area contributed by atoms with E-state index in [0.29, 0.717) is 12.0 Å². The maximum atomic E-state index is 5.98. The zero-order valence-corrected chi connectivity index (χ0v) is 15.1. The molecule has 0 bridgehead atoms. The van der Waals surface area contributed by atoms with Crippen LogP contribution in [-0.2, 0) is 0 Å². The molecule has 1 atom stereocenters. The molecular formula is C15H31IN4. The van der Waals surface area contributed by atoms with E-state index in [-0.39, 0.29) is 24.0 Å². The quantitative estimate of drug-likeness (QED) is 0.438. The maximum absolute atomic E-state index is 5.98. The number of piperidine rings is 1. The standard InChI is InChI=1S/C15H30N4.HI/c1-13-7-5-6-11-19(13)12-10-17-15(16)18-14-8-3-2-4-9-14;/h13-14H,2-12H2,1H3,(H3,16,17,18);1H. The van der Waals surface area contributed by atoms with Crippen molar-refractivity contribution in [2.45, 2.75) is 70.4 Å². The van der Waals surface area contributed by atoms with Gasteiger partial charge in [0.25, 0.3) is 0 Å². The second kappa shape index (κ2) is 9.82. The second-order valence-corrected chi connectivity index (χ2v) is 6.13. The number of hydrogen-bond donors (Lipinski definition) is 2. The normalized spacial score (nSPS) is 26.1. The van der Waals surface area contributed by atoms with Crippen LogP contribution in [-0.4, -0.2) is 42.6 Å². The lowest BCUT2D eigenvalue weighted by Crippen LogP contribution is -2.42. The molecule has 0 amide bonds. The van der Waals surface area contributed by atoms with Crippen molar-refractivity contribution < 1.29 is 0 Å². The fourth-order valence-electron chi connectivity index (χ4n) is 3.29. The Morgan fingerprint density at radius 2 is 1.85 bits per heavy atom. The van der Waals surface area contributed by atoms with Gasteiger partial charge in [0.1, 0.15) is 0 Å². The van der Waals surface area contributed by atoms with Gasteiger partial charge in [0, 0.05) is 18.6 Å². The van der Waals surface area contributed by atoms with Crippen LogP contribution in [0.5, 0.6) is 0 Å². The highest BCUT2D eigenvalue weighted by molar-refractivity contribution is 14.0. The zero-order chi connectivity index (χ0) is 13.5. The maximum Gasteiger partial charge on any atom is 0.188 e. The molecular weight excluding hydrogens is 363 g/mol. The predicted molar refractivity (Wildman–Crippen MR) is 96.8 cm³/mol. The molecule has 0 aromatic rings. The van der Waals surface area contributed by atoms with E-state index < -0.39 is 0 Å². The van der Waals surface area contributed by atoms with Gasteiger partial charge in [-0.05, 0) is 39.2 Å². The lowest BCUT2D eigenvalue weighted by atomic mass is 9.96. The lowest BCUT2D eigenvalue weighted by Gasteiger charge is -2.32. The Morgan fingerprint density at radius 3 is 2.55 bits per heavy atom. The highest BCUT2D eigenvalue weighted by Crippen LogP contribution is 2.17. The summed E-state index contributed by atoms with van der Waals surface area (Å²) in [6, 6.07) is 1.28. The van der Waals surface area contributed by atoms with Gasteiger partial charge in [-0.2, -0.15) is 0 Å². The number of aliphatic imine (C=N–C) groups is 1. The molecule has 0 aromatic heterocycles. The number of nitrogens with two attached hydrogens (primary N) is 1.